The second-order valence-corrected chi connectivity index (χ2v) is 5.64. The van der Waals surface area contributed by atoms with Gasteiger partial charge in [0.15, 0.2) is 0 Å². The highest BCUT2D eigenvalue weighted by Gasteiger charge is 2.25. The van der Waals surface area contributed by atoms with Gasteiger partial charge >= 0.3 is 0 Å². The third-order valence-corrected chi connectivity index (χ3v) is 4.11. The van der Waals surface area contributed by atoms with Crippen LogP contribution in [0.5, 0.6) is 0 Å². The SMILES string of the molecule is CCC1CN(Cc2cc(Cl)ccc2Cl)CCC1=O. The van der Waals surface area contributed by atoms with Gasteiger partial charge in [-0.3, -0.25) is 9.69 Å². The van der Waals surface area contributed by atoms with Crippen molar-refractivity contribution in [2.45, 2.75) is 26.3 Å². The molecule has 18 heavy (non-hydrogen) atoms. The molecule has 0 spiro atoms. The van der Waals surface area contributed by atoms with Gasteiger partial charge < -0.3 is 0 Å². The van der Waals surface area contributed by atoms with Crippen molar-refractivity contribution in [2.24, 2.45) is 5.92 Å². The molecule has 1 heterocycles. The maximum atomic E-state index is 11.7. The average Bonchev–Trinajstić information content (AvgIpc) is 2.36. The van der Waals surface area contributed by atoms with Gasteiger partial charge in [0.1, 0.15) is 5.78 Å². The van der Waals surface area contributed by atoms with Crippen molar-refractivity contribution in [3.63, 3.8) is 0 Å². The Hall–Kier alpha value is -0.570. The largest absolute Gasteiger partial charge is 0.299 e. The number of ketones is 1. The molecule has 0 amide bonds. The molecule has 1 aliphatic heterocycles. The first kappa shape index (κ1) is 13.9. The van der Waals surface area contributed by atoms with Gasteiger partial charge in [-0.25, -0.2) is 0 Å². The quantitative estimate of drug-likeness (QED) is 0.842. The third kappa shape index (κ3) is 3.25. The lowest BCUT2D eigenvalue weighted by Crippen LogP contribution is -2.40. The third-order valence-electron chi connectivity index (χ3n) is 3.50. The van der Waals surface area contributed by atoms with Crippen molar-refractivity contribution in [3.8, 4) is 0 Å². The van der Waals surface area contributed by atoms with Crippen LogP contribution in [0.2, 0.25) is 10.0 Å². The molecule has 1 unspecified atom stereocenters. The summed E-state index contributed by atoms with van der Waals surface area (Å²) in [5.41, 5.74) is 1.04. The van der Waals surface area contributed by atoms with Gasteiger partial charge in [0.25, 0.3) is 0 Å². The fraction of sp³-hybridized carbons (Fsp3) is 0.500. The summed E-state index contributed by atoms with van der Waals surface area (Å²) in [6.07, 6.45) is 1.56. The van der Waals surface area contributed by atoms with Crippen LogP contribution in [-0.2, 0) is 11.3 Å². The maximum Gasteiger partial charge on any atom is 0.138 e. The minimum atomic E-state index is 0.178. The van der Waals surface area contributed by atoms with E-state index in [1.807, 2.05) is 12.1 Å². The first-order valence-electron chi connectivity index (χ1n) is 6.29. The van der Waals surface area contributed by atoms with Crippen molar-refractivity contribution in [2.75, 3.05) is 13.1 Å². The molecule has 1 saturated heterocycles. The Kier molecular flexibility index (Phi) is 4.66. The lowest BCUT2D eigenvalue weighted by atomic mass is 9.94. The van der Waals surface area contributed by atoms with Gasteiger partial charge in [-0.1, -0.05) is 30.1 Å². The van der Waals surface area contributed by atoms with E-state index in [0.29, 0.717) is 17.2 Å². The Bertz CT molecular complexity index is 447. The Morgan fingerprint density at radius 2 is 2.17 bits per heavy atom. The molecule has 2 nitrogen and oxygen atoms in total. The molecule has 1 aliphatic rings. The molecular weight excluding hydrogens is 269 g/mol. The summed E-state index contributed by atoms with van der Waals surface area (Å²) in [7, 11) is 0. The monoisotopic (exact) mass is 285 g/mol. The second-order valence-electron chi connectivity index (χ2n) is 4.79. The average molecular weight is 286 g/mol. The summed E-state index contributed by atoms with van der Waals surface area (Å²) < 4.78 is 0. The maximum absolute atomic E-state index is 11.7. The highest BCUT2D eigenvalue weighted by atomic mass is 35.5. The van der Waals surface area contributed by atoms with Gasteiger partial charge in [-0.2, -0.15) is 0 Å². The molecule has 1 aromatic carbocycles. The number of piperidine rings is 1. The fourth-order valence-corrected chi connectivity index (χ4v) is 2.75. The van der Waals surface area contributed by atoms with Crippen LogP contribution < -0.4 is 0 Å². The summed E-state index contributed by atoms with van der Waals surface area (Å²) in [5.74, 6) is 0.572. The number of rotatable bonds is 3. The Balaban J connectivity index is 2.05. The summed E-state index contributed by atoms with van der Waals surface area (Å²) in [6, 6.07) is 5.52. The van der Waals surface area contributed by atoms with E-state index in [2.05, 4.69) is 11.8 Å². The molecule has 0 aromatic heterocycles. The topological polar surface area (TPSA) is 20.3 Å². The summed E-state index contributed by atoms with van der Waals surface area (Å²) in [4.78, 5) is 14.0. The number of Topliss-reactive ketones (excluding diaryl/α,β-unsaturated/α-hetero) is 1. The zero-order valence-electron chi connectivity index (χ0n) is 10.5. The highest BCUT2D eigenvalue weighted by Crippen LogP contribution is 2.24. The van der Waals surface area contributed by atoms with E-state index in [9.17, 15) is 4.79 Å². The van der Waals surface area contributed by atoms with Gasteiger partial charge in [0, 0.05) is 42.0 Å². The zero-order chi connectivity index (χ0) is 13.1. The molecule has 2 rings (SSSR count). The molecule has 0 aliphatic carbocycles. The second kappa shape index (κ2) is 6.05. The van der Waals surface area contributed by atoms with Crippen molar-refractivity contribution in [3.05, 3.63) is 33.8 Å². The van der Waals surface area contributed by atoms with Crippen LogP contribution in [0.25, 0.3) is 0 Å². The van der Waals surface area contributed by atoms with Crippen LogP contribution in [-0.4, -0.2) is 23.8 Å². The number of carbonyl (C=O) groups excluding carboxylic acids is 1. The van der Waals surface area contributed by atoms with E-state index in [1.54, 1.807) is 6.07 Å². The van der Waals surface area contributed by atoms with Crippen LogP contribution in [0.3, 0.4) is 0 Å². The molecule has 1 atom stereocenters. The van der Waals surface area contributed by atoms with E-state index < -0.39 is 0 Å². The minimum absolute atomic E-state index is 0.178. The zero-order valence-corrected chi connectivity index (χ0v) is 12.0. The molecule has 1 aromatic rings. The predicted octanol–water partition coefficient (Wildman–Crippen LogP) is 3.79. The molecule has 0 radical (unpaired) electrons. The molecular formula is C14H17Cl2NO. The van der Waals surface area contributed by atoms with Crippen molar-refractivity contribution >= 4 is 29.0 Å². The first-order chi connectivity index (χ1) is 8.60. The first-order valence-corrected chi connectivity index (χ1v) is 7.04. The van der Waals surface area contributed by atoms with Gasteiger partial charge in [0.05, 0.1) is 0 Å². The lowest BCUT2D eigenvalue weighted by Gasteiger charge is -2.31. The number of hydrogen-bond acceptors (Lipinski definition) is 2. The molecule has 0 saturated carbocycles. The fourth-order valence-electron chi connectivity index (χ4n) is 2.38. The predicted molar refractivity (Wildman–Crippen MR) is 75.1 cm³/mol. The van der Waals surface area contributed by atoms with E-state index in [0.717, 1.165) is 36.6 Å². The van der Waals surface area contributed by atoms with E-state index in [4.69, 9.17) is 23.2 Å². The van der Waals surface area contributed by atoms with Gasteiger partial charge in [-0.15, -0.1) is 0 Å². The highest BCUT2D eigenvalue weighted by molar-refractivity contribution is 6.33. The summed E-state index contributed by atoms with van der Waals surface area (Å²) in [6.45, 7) is 4.48. The van der Waals surface area contributed by atoms with Crippen LogP contribution in [0.15, 0.2) is 18.2 Å². The smallest absolute Gasteiger partial charge is 0.138 e. The number of benzene rings is 1. The Morgan fingerprint density at radius 3 is 2.89 bits per heavy atom. The Labute approximate surface area is 118 Å². The number of halogens is 2. The molecule has 4 heteroatoms. The molecule has 1 fully saturated rings. The van der Waals surface area contributed by atoms with Gasteiger partial charge in [-0.05, 0) is 30.2 Å². The normalized spacial score (nSPS) is 21.3. The lowest BCUT2D eigenvalue weighted by molar-refractivity contribution is -0.126. The van der Waals surface area contributed by atoms with Crippen molar-refractivity contribution in [1.29, 1.82) is 0 Å². The van der Waals surface area contributed by atoms with E-state index in [1.165, 1.54) is 0 Å². The van der Waals surface area contributed by atoms with E-state index in [-0.39, 0.29) is 5.92 Å². The van der Waals surface area contributed by atoms with Crippen molar-refractivity contribution < 1.29 is 4.79 Å². The number of nitrogens with zero attached hydrogens (tertiary/aromatic N) is 1. The van der Waals surface area contributed by atoms with Gasteiger partial charge in [0.2, 0.25) is 0 Å². The number of hydrogen-bond donors (Lipinski definition) is 0. The summed E-state index contributed by atoms with van der Waals surface area (Å²) >= 11 is 12.1. The number of likely N-dealkylation sites (tertiary alicyclic amines) is 1. The van der Waals surface area contributed by atoms with E-state index >= 15 is 0 Å². The van der Waals surface area contributed by atoms with Crippen LogP contribution >= 0.6 is 23.2 Å². The molecule has 98 valence electrons. The molecule has 0 N–H and O–H groups in total. The minimum Gasteiger partial charge on any atom is -0.299 e. The number of carbonyl (C=O) groups is 1. The molecule has 0 bridgehead atoms. The van der Waals surface area contributed by atoms with Crippen LogP contribution in [0, 0.1) is 5.92 Å². The van der Waals surface area contributed by atoms with Crippen molar-refractivity contribution in [1.82, 2.24) is 4.90 Å². The standard InChI is InChI=1S/C14H17Cl2NO/c1-2-10-8-17(6-5-14(10)18)9-11-7-12(15)3-4-13(11)16/h3-4,7,10H,2,5-6,8-9H2,1H3. The summed E-state index contributed by atoms with van der Waals surface area (Å²) in [5, 5.41) is 1.44. The Morgan fingerprint density at radius 1 is 1.39 bits per heavy atom. The van der Waals surface area contributed by atoms with Crippen LogP contribution in [0.1, 0.15) is 25.3 Å². The van der Waals surface area contributed by atoms with Crippen LogP contribution in [0.4, 0.5) is 0 Å².